The molecular formula is C21H26N2O5S. The molecule has 0 spiro atoms. The molecular weight excluding hydrogens is 392 g/mol. The number of hydrogen-bond acceptors (Lipinski definition) is 5. The molecule has 2 aromatic rings. The van der Waals surface area contributed by atoms with Crippen molar-refractivity contribution in [3.05, 3.63) is 48.0 Å². The van der Waals surface area contributed by atoms with Gasteiger partial charge in [0, 0.05) is 30.4 Å². The Bertz CT molecular complexity index is 950. The first-order valence-electron chi connectivity index (χ1n) is 9.59. The summed E-state index contributed by atoms with van der Waals surface area (Å²) in [5.41, 5.74) is 0.938. The second-order valence-electron chi connectivity index (χ2n) is 6.91. The molecule has 0 aromatic heterocycles. The SMILES string of the molecule is COc1ccc(S(=O)(=O)Nc2ccc(C(=O)N3CCCCCC3)cc2)cc1OC. The van der Waals surface area contributed by atoms with Gasteiger partial charge in [-0.15, -0.1) is 0 Å². The molecule has 0 aliphatic carbocycles. The van der Waals surface area contributed by atoms with Crippen LogP contribution in [-0.4, -0.2) is 46.5 Å². The van der Waals surface area contributed by atoms with E-state index in [0.29, 0.717) is 22.7 Å². The van der Waals surface area contributed by atoms with Gasteiger partial charge >= 0.3 is 0 Å². The van der Waals surface area contributed by atoms with Gasteiger partial charge in [0.15, 0.2) is 11.5 Å². The molecule has 1 heterocycles. The summed E-state index contributed by atoms with van der Waals surface area (Å²) < 4.78 is 38.2. The highest BCUT2D eigenvalue weighted by Crippen LogP contribution is 2.30. The first-order valence-corrected chi connectivity index (χ1v) is 11.1. The van der Waals surface area contributed by atoms with Crippen LogP contribution < -0.4 is 14.2 Å². The smallest absolute Gasteiger partial charge is 0.262 e. The minimum atomic E-state index is -3.81. The number of benzene rings is 2. The number of carbonyl (C=O) groups is 1. The molecule has 1 amide bonds. The summed E-state index contributed by atoms with van der Waals surface area (Å²) in [6, 6.07) is 10.9. The zero-order valence-electron chi connectivity index (χ0n) is 16.7. The number of rotatable bonds is 6. The van der Waals surface area contributed by atoms with Crippen molar-refractivity contribution in [1.82, 2.24) is 4.90 Å². The van der Waals surface area contributed by atoms with Crippen molar-refractivity contribution in [3.63, 3.8) is 0 Å². The topological polar surface area (TPSA) is 84.9 Å². The van der Waals surface area contributed by atoms with E-state index in [1.165, 1.54) is 32.4 Å². The van der Waals surface area contributed by atoms with Gasteiger partial charge in [-0.05, 0) is 49.2 Å². The predicted molar refractivity (Wildman–Crippen MR) is 111 cm³/mol. The van der Waals surface area contributed by atoms with Crippen LogP contribution in [-0.2, 0) is 10.0 Å². The van der Waals surface area contributed by atoms with Gasteiger partial charge in [0.2, 0.25) is 0 Å². The first kappa shape index (κ1) is 21.0. The molecule has 0 radical (unpaired) electrons. The number of anilines is 1. The third-order valence-corrected chi connectivity index (χ3v) is 6.32. The van der Waals surface area contributed by atoms with Gasteiger partial charge in [-0.2, -0.15) is 0 Å². The fraction of sp³-hybridized carbons (Fsp3) is 0.381. The van der Waals surface area contributed by atoms with E-state index < -0.39 is 10.0 Å². The molecule has 1 aliphatic rings. The molecule has 8 heteroatoms. The third kappa shape index (κ3) is 5.00. The molecule has 3 rings (SSSR count). The van der Waals surface area contributed by atoms with Gasteiger partial charge in [0.05, 0.1) is 19.1 Å². The molecule has 7 nitrogen and oxygen atoms in total. The lowest BCUT2D eigenvalue weighted by Gasteiger charge is -2.20. The Morgan fingerprint density at radius 2 is 1.52 bits per heavy atom. The van der Waals surface area contributed by atoms with Crippen molar-refractivity contribution in [2.75, 3.05) is 32.0 Å². The van der Waals surface area contributed by atoms with Crippen molar-refractivity contribution in [2.45, 2.75) is 30.6 Å². The van der Waals surface area contributed by atoms with Crippen molar-refractivity contribution >= 4 is 21.6 Å². The maximum atomic E-state index is 12.7. The van der Waals surface area contributed by atoms with Crippen LogP contribution in [0.5, 0.6) is 11.5 Å². The van der Waals surface area contributed by atoms with E-state index in [1.807, 2.05) is 4.90 Å². The Morgan fingerprint density at radius 3 is 2.10 bits per heavy atom. The highest BCUT2D eigenvalue weighted by Gasteiger charge is 2.19. The Kier molecular flexibility index (Phi) is 6.64. The number of nitrogens with zero attached hydrogens (tertiary/aromatic N) is 1. The average Bonchev–Trinajstić information content (AvgIpc) is 3.02. The number of hydrogen-bond donors (Lipinski definition) is 1. The Balaban J connectivity index is 1.74. The van der Waals surface area contributed by atoms with Gasteiger partial charge in [-0.3, -0.25) is 9.52 Å². The molecule has 0 unspecified atom stereocenters. The molecule has 0 atom stereocenters. The van der Waals surface area contributed by atoms with E-state index in [1.54, 1.807) is 24.3 Å². The molecule has 1 fully saturated rings. The lowest BCUT2D eigenvalue weighted by molar-refractivity contribution is 0.0761. The van der Waals surface area contributed by atoms with Gasteiger partial charge in [0.1, 0.15) is 0 Å². The number of sulfonamides is 1. The molecule has 1 saturated heterocycles. The molecule has 156 valence electrons. The number of nitrogens with one attached hydrogen (secondary N) is 1. The Labute approximate surface area is 171 Å². The van der Waals surface area contributed by atoms with Crippen LogP contribution in [0.4, 0.5) is 5.69 Å². The molecule has 1 aliphatic heterocycles. The maximum Gasteiger partial charge on any atom is 0.262 e. The second-order valence-corrected chi connectivity index (χ2v) is 8.59. The van der Waals surface area contributed by atoms with E-state index in [9.17, 15) is 13.2 Å². The van der Waals surface area contributed by atoms with E-state index in [4.69, 9.17) is 9.47 Å². The molecule has 0 saturated carbocycles. The number of likely N-dealkylation sites (tertiary alicyclic amines) is 1. The van der Waals surface area contributed by atoms with Crippen LogP contribution in [0.3, 0.4) is 0 Å². The fourth-order valence-corrected chi connectivity index (χ4v) is 4.41. The summed E-state index contributed by atoms with van der Waals surface area (Å²) in [6.45, 7) is 1.54. The lowest BCUT2D eigenvalue weighted by Crippen LogP contribution is -2.31. The van der Waals surface area contributed by atoms with Crippen molar-refractivity contribution in [3.8, 4) is 11.5 Å². The summed E-state index contributed by atoms with van der Waals surface area (Å²) in [7, 11) is -0.879. The molecule has 0 bridgehead atoms. The first-order chi connectivity index (χ1) is 13.9. The largest absolute Gasteiger partial charge is 0.493 e. The summed E-state index contributed by atoms with van der Waals surface area (Å²) in [5.74, 6) is 0.762. The summed E-state index contributed by atoms with van der Waals surface area (Å²) in [4.78, 5) is 14.6. The van der Waals surface area contributed by atoms with E-state index in [-0.39, 0.29) is 10.8 Å². The molecule has 1 N–H and O–H groups in total. The lowest BCUT2D eigenvalue weighted by atomic mass is 10.2. The van der Waals surface area contributed by atoms with Gasteiger partial charge in [-0.1, -0.05) is 12.8 Å². The second kappa shape index (κ2) is 9.17. The molecule has 29 heavy (non-hydrogen) atoms. The van der Waals surface area contributed by atoms with Crippen LogP contribution in [0.15, 0.2) is 47.4 Å². The summed E-state index contributed by atoms with van der Waals surface area (Å²) in [5, 5.41) is 0. The van der Waals surface area contributed by atoms with Crippen LogP contribution in [0, 0.1) is 0 Å². The number of carbonyl (C=O) groups excluding carboxylic acids is 1. The third-order valence-electron chi connectivity index (χ3n) is 4.94. The van der Waals surface area contributed by atoms with E-state index in [2.05, 4.69) is 4.72 Å². The van der Waals surface area contributed by atoms with Crippen molar-refractivity contribution in [2.24, 2.45) is 0 Å². The van der Waals surface area contributed by atoms with E-state index >= 15 is 0 Å². The predicted octanol–water partition coefficient (Wildman–Crippen LogP) is 3.52. The van der Waals surface area contributed by atoms with Gasteiger partial charge in [0.25, 0.3) is 15.9 Å². The normalized spacial score (nSPS) is 14.8. The minimum Gasteiger partial charge on any atom is -0.493 e. The fourth-order valence-electron chi connectivity index (χ4n) is 3.33. The maximum absolute atomic E-state index is 12.7. The van der Waals surface area contributed by atoms with Crippen LogP contribution >= 0.6 is 0 Å². The minimum absolute atomic E-state index is 0.0128. The van der Waals surface area contributed by atoms with E-state index in [0.717, 1.165) is 38.8 Å². The summed E-state index contributed by atoms with van der Waals surface area (Å²) >= 11 is 0. The highest BCUT2D eigenvalue weighted by atomic mass is 32.2. The zero-order valence-corrected chi connectivity index (χ0v) is 17.5. The quantitative estimate of drug-likeness (QED) is 0.776. The van der Waals surface area contributed by atoms with Crippen LogP contribution in [0.1, 0.15) is 36.0 Å². The monoisotopic (exact) mass is 418 g/mol. The Hall–Kier alpha value is -2.74. The average molecular weight is 419 g/mol. The number of ether oxygens (including phenoxy) is 2. The van der Waals surface area contributed by atoms with Crippen LogP contribution in [0.25, 0.3) is 0 Å². The van der Waals surface area contributed by atoms with Crippen LogP contribution in [0.2, 0.25) is 0 Å². The Morgan fingerprint density at radius 1 is 0.897 bits per heavy atom. The molecule has 2 aromatic carbocycles. The number of amides is 1. The zero-order chi connectivity index (χ0) is 20.9. The van der Waals surface area contributed by atoms with Crippen molar-refractivity contribution in [1.29, 1.82) is 0 Å². The van der Waals surface area contributed by atoms with Crippen molar-refractivity contribution < 1.29 is 22.7 Å². The van der Waals surface area contributed by atoms with Gasteiger partial charge in [-0.25, -0.2) is 8.42 Å². The standard InChI is InChI=1S/C21H26N2O5S/c1-27-19-12-11-18(15-20(19)28-2)29(25,26)22-17-9-7-16(8-10-17)21(24)23-13-5-3-4-6-14-23/h7-12,15,22H,3-6,13-14H2,1-2H3. The summed E-state index contributed by atoms with van der Waals surface area (Å²) in [6.07, 6.45) is 4.35. The van der Waals surface area contributed by atoms with Gasteiger partial charge < -0.3 is 14.4 Å². The number of methoxy groups -OCH3 is 2. The highest BCUT2D eigenvalue weighted by molar-refractivity contribution is 7.92.